The number of nitrogens with one attached hydrogen (secondary N) is 1. The smallest absolute Gasteiger partial charge is 0.221 e. The van der Waals surface area contributed by atoms with Gasteiger partial charge in [-0.15, -0.1) is 0 Å². The Morgan fingerprint density at radius 1 is 0.867 bits per heavy atom. The summed E-state index contributed by atoms with van der Waals surface area (Å²) >= 11 is 0. The van der Waals surface area contributed by atoms with Crippen LogP contribution in [0.4, 0.5) is 5.69 Å². The molecular weight excluding hydrogens is 368 g/mol. The second-order valence-corrected chi connectivity index (χ2v) is 8.29. The topological polar surface area (TPSA) is 32.3 Å². The Balaban J connectivity index is 1.40. The zero-order chi connectivity index (χ0) is 20.8. The molecular formula is C27H30N2O. The SMILES string of the molecule is CC(=O)Nc1ccc(CN2CCC(C(c3ccccc3)c3ccccc3)CC2)cc1. The normalized spacial score (nSPS) is 15.3. The molecule has 3 nitrogen and oxygen atoms in total. The van der Waals surface area contributed by atoms with Crippen molar-refractivity contribution in [3.63, 3.8) is 0 Å². The summed E-state index contributed by atoms with van der Waals surface area (Å²) < 4.78 is 0. The van der Waals surface area contributed by atoms with Gasteiger partial charge in [-0.2, -0.15) is 0 Å². The quantitative estimate of drug-likeness (QED) is 0.578. The average molecular weight is 399 g/mol. The van der Waals surface area contributed by atoms with E-state index in [0.29, 0.717) is 11.8 Å². The van der Waals surface area contributed by atoms with E-state index >= 15 is 0 Å². The molecule has 0 unspecified atom stereocenters. The highest BCUT2D eigenvalue weighted by molar-refractivity contribution is 5.88. The molecule has 4 rings (SSSR count). The fraction of sp³-hybridized carbons (Fsp3) is 0.296. The Kier molecular flexibility index (Phi) is 6.60. The van der Waals surface area contributed by atoms with Gasteiger partial charge in [0.1, 0.15) is 0 Å². The number of carbonyl (C=O) groups is 1. The van der Waals surface area contributed by atoms with Crippen molar-refractivity contribution in [1.82, 2.24) is 4.90 Å². The zero-order valence-corrected chi connectivity index (χ0v) is 17.6. The van der Waals surface area contributed by atoms with E-state index in [2.05, 4.69) is 83.0 Å². The Hall–Kier alpha value is -2.91. The van der Waals surface area contributed by atoms with Crippen LogP contribution in [0.1, 0.15) is 42.4 Å². The number of anilines is 1. The molecule has 0 atom stereocenters. The Bertz CT molecular complexity index is 890. The van der Waals surface area contributed by atoms with Gasteiger partial charge in [-0.25, -0.2) is 0 Å². The number of hydrogen-bond donors (Lipinski definition) is 1. The van der Waals surface area contributed by atoms with Gasteiger partial charge in [0.25, 0.3) is 0 Å². The van der Waals surface area contributed by atoms with Crippen LogP contribution in [-0.4, -0.2) is 23.9 Å². The van der Waals surface area contributed by atoms with Crippen molar-refractivity contribution in [2.75, 3.05) is 18.4 Å². The lowest BCUT2D eigenvalue weighted by atomic mass is 9.76. The van der Waals surface area contributed by atoms with Gasteiger partial charge in [0.15, 0.2) is 0 Å². The first-order valence-electron chi connectivity index (χ1n) is 10.9. The van der Waals surface area contributed by atoms with E-state index < -0.39 is 0 Å². The van der Waals surface area contributed by atoms with Crippen molar-refractivity contribution in [2.45, 2.75) is 32.2 Å². The maximum absolute atomic E-state index is 11.2. The molecule has 30 heavy (non-hydrogen) atoms. The zero-order valence-electron chi connectivity index (χ0n) is 17.6. The van der Waals surface area contributed by atoms with E-state index in [-0.39, 0.29) is 5.91 Å². The van der Waals surface area contributed by atoms with E-state index in [9.17, 15) is 4.79 Å². The minimum absolute atomic E-state index is 0.0313. The molecule has 1 fully saturated rings. The molecule has 3 aromatic rings. The second kappa shape index (κ2) is 9.73. The van der Waals surface area contributed by atoms with Crippen molar-refractivity contribution in [3.8, 4) is 0 Å². The fourth-order valence-corrected chi connectivity index (χ4v) is 4.66. The van der Waals surface area contributed by atoms with Crippen LogP contribution in [0.5, 0.6) is 0 Å². The predicted molar refractivity (Wildman–Crippen MR) is 123 cm³/mol. The number of nitrogens with zero attached hydrogens (tertiary/aromatic N) is 1. The third kappa shape index (κ3) is 5.17. The summed E-state index contributed by atoms with van der Waals surface area (Å²) in [5.41, 5.74) is 5.01. The molecule has 1 aliphatic rings. The molecule has 1 N–H and O–H groups in total. The van der Waals surface area contributed by atoms with Gasteiger partial charge in [-0.3, -0.25) is 9.69 Å². The molecule has 0 bridgehead atoms. The maximum Gasteiger partial charge on any atom is 0.221 e. The van der Waals surface area contributed by atoms with E-state index in [1.807, 2.05) is 12.1 Å². The predicted octanol–water partition coefficient (Wildman–Crippen LogP) is 5.69. The van der Waals surface area contributed by atoms with Gasteiger partial charge in [-0.05, 0) is 60.7 Å². The highest BCUT2D eigenvalue weighted by atomic mass is 16.1. The van der Waals surface area contributed by atoms with Crippen molar-refractivity contribution >= 4 is 11.6 Å². The standard InChI is InChI=1S/C27H30N2O/c1-21(30)28-26-14-12-22(13-15-26)20-29-18-16-25(17-19-29)27(23-8-4-2-5-9-23)24-10-6-3-7-11-24/h2-15,25,27H,16-20H2,1H3,(H,28,30). The molecule has 1 aliphatic heterocycles. The number of rotatable bonds is 6. The van der Waals surface area contributed by atoms with Crippen LogP contribution in [0.25, 0.3) is 0 Å². The highest BCUT2D eigenvalue weighted by Crippen LogP contribution is 2.38. The number of hydrogen-bond acceptors (Lipinski definition) is 2. The summed E-state index contributed by atoms with van der Waals surface area (Å²) in [6, 6.07) is 30.2. The first-order valence-corrected chi connectivity index (χ1v) is 10.9. The summed E-state index contributed by atoms with van der Waals surface area (Å²) in [5.74, 6) is 1.09. The number of benzene rings is 3. The Morgan fingerprint density at radius 3 is 1.90 bits per heavy atom. The van der Waals surface area contributed by atoms with Crippen molar-refractivity contribution < 1.29 is 4.79 Å². The molecule has 0 aromatic heterocycles. The summed E-state index contributed by atoms with van der Waals surface area (Å²) in [4.78, 5) is 13.7. The van der Waals surface area contributed by atoms with E-state index in [0.717, 1.165) is 25.3 Å². The third-order valence-corrected chi connectivity index (χ3v) is 6.10. The van der Waals surface area contributed by atoms with Gasteiger partial charge in [-0.1, -0.05) is 72.8 Å². The van der Waals surface area contributed by atoms with Crippen LogP contribution in [0, 0.1) is 5.92 Å². The molecule has 1 amide bonds. The average Bonchev–Trinajstić information content (AvgIpc) is 2.78. The molecule has 1 saturated heterocycles. The van der Waals surface area contributed by atoms with Crippen LogP contribution in [0.15, 0.2) is 84.9 Å². The number of carbonyl (C=O) groups excluding carboxylic acids is 1. The molecule has 1 heterocycles. The first kappa shape index (κ1) is 20.4. The number of piperidine rings is 1. The third-order valence-electron chi connectivity index (χ3n) is 6.10. The van der Waals surface area contributed by atoms with Crippen molar-refractivity contribution in [2.24, 2.45) is 5.92 Å². The molecule has 0 spiro atoms. The fourth-order valence-electron chi connectivity index (χ4n) is 4.66. The summed E-state index contributed by atoms with van der Waals surface area (Å²) in [6.45, 7) is 4.74. The lowest BCUT2D eigenvalue weighted by Gasteiger charge is -2.36. The monoisotopic (exact) mass is 398 g/mol. The van der Waals surface area contributed by atoms with Gasteiger partial charge in [0.2, 0.25) is 5.91 Å². The van der Waals surface area contributed by atoms with Gasteiger partial charge >= 0.3 is 0 Å². The van der Waals surface area contributed by atoms with Crippen molar-refractivity contribution in [1.29, 1.82) is 0 Å². The van der Waals surface area contributed by atoms with Crippen LogP contribution < -0.4 is 5.32 Å². The largest absolute Gasteiger partial charge is 0.326 e. The van der Waals surface area contributed by atoms with Gasteiger partial charge in [0.05, 0.1) is 0 Å². The molecule has 0 saturated carbocycles. The lowest BCUT2D eigenvalue weighted by molar-refractivity contribution is -0.114. The van der Waals surface area contributed by atoms with Crippen LogP contribution in [-0.2, 0) is 11.3 Å². The van der Waals surface area contributed by atoms with Crippen LogP contribution >= 0.6 is 0 Å². The van der Waals surface area contributed by atoms with Gasteiger partial charge in [0, 0.05) is 25.1 Å². The van der Waals surface area contributed by atoms with E-state index in [4.69, 9.17) is 0 Å². The summed E-state index contributed by atoms with van der Waals surface area (Å²) in [5, 5.41) is 2.83. The number of amides is 1. The summed E-state index contributed by atoms with van der Waals surface area (Å²) in [7, 11) is 0. The van der Waals surface area contributed by atoms with E-state index in [1.54, 1.807) is 0 Å². The lowest BCUT2D eigenvalue weighted by Crippen LogP contribution is -2.35. The van der Waals surface area contributed by atoms with Crippen LogP contribution in [0.2, 0.25) is 0 Å². The highest BCUT2D eigenvalue weighted by Gasteiger charge is 2.28. The van der Waals surface area contributed by atoms with E-state index in [1.165, 1.54) is 36.5 Å². The van der Waals surface area contributed by atoms with Gasteiger partial charge < -0.3 is 5.32 Å². The Labute approximate surface area is 179 Å². The molecule has 3 heteroatoms. The Morgan fingerprint density at radius 2 is 1.40 bits per heavy atom. The molecule has 0 radical (unpaired) electrons. The molecule has 154 valence electrons. The summed E-state index contributed by atoms with van der Waals surface area (Å²) in [6.07, 6.45) is 2.41. The van der Waals surface area contributed by atoms with Crippen LogP contribution in [0.3, 0.4) is 0 Å². The number of likely N-dealkylation sites (tertiary alicyclic amines) is 1. The second-order valence-electron chi connectivity index (χ2n) is 8.29. The minimum atomic E-state index is -0.0313. The minimum Gasteiger partial charge on any atom is -0.326 e. The van der Waals surface area contributed by atoms with Crippen molar-refractivity contribution in [3.05, 3.63) is 102 Å². The first-order chi connectivity index (χ1) is 14.7. The molecule has 3 aromatic carbocycles. The molecule has 0 aliphatic carbocycles. The maximum atomic E-state index is 11.2.